The predicted molar refractivity (Wildman–Crippen MR) is 84.4 cm³/mol. The molecule has 0 nitrogen and oxygen atoms in total. The largest absolute Gasteiger partial charge is 0.0620 e. The van der Waals surface area contributed by atoms with Crippen LogP contribution in [0.1, 0.15) is 35.1 Å². The lowest BCUT2D eigenvalue weighted by molar-refractivity contribution is 0.842. The van der Waals surface area contributed by atoms with Crippen LogP contribution in [0.15, 0.2) is 36.4 Å². The summed E-state index contributed by atoms with van der Waals surface area (Å²) in [4.78, 5) is 0. The van der Waals surface area contributed by atoms with Gasteiger partial charge < -0.3 is 0 Å². The highest BCUT2D eigenvalue weighted by Crippen LogP contribution is 2.30. The summed E-state index contributed by atoms with van der Waals surface area (Å²) in [5.74, 6) is 0. The highest BCUT2D eigenvalue weighted by atomic mass is 14.1. The molecule has 0 bridgehead atoms. The molecule has 0 saturated heterocycles. The zero-order valence-electron chi connectivity index (χ0n) is 12.3. The molecule has 0 aliphatic rings. The molecular weight excluding hydrogens is 228 g/mol. The van der Waals surface area contributed by atoms with Crippen LogP contribution >= 0.6 is 0 Å². The lowest BCUT2D eigenvalue weighted by Crippen LogP contribution is -1.94. The monoisotopic (exact) mass is 251 g/mol. The maximum Gasteiger partial charge on any atom is -0.0149 e. The van der Waals surface area contributed by atoms with Crippen LogP contribution in [0.2, 0.25) is 0 Å². The van der Waals surface area contributed by atoms with Gasteiger partial charge in [-0.3, -0.25) is 0 Å². The van der Waals surface area contributed by atoms with Gasteiger partial charge >= 0.3 is 0 Å². The van der Waals surface area contributed by atoms with Gasteiger partial charge in [-0.15, -0.1) is 0 Å². The number of rotatable bonds is 4. The summed E-state index contributed by atoms with van der Waals surface area (Å²) < 4.78 is 0. The molecular formula is C19H23. The van der Waals surface area contributed by atoms with Crippen LogP contribution < -0.4 is 0 Å². The Morgan fingerprint density at radius 3 is 2.26 bits per heavy atom. The van der Waals surface area contributed by atoms with Crippen LogP contribution in [0.25, 0.3) is 11.1 Å². The van der Waals surface area contributed by atoms with Crippen molar-refractivity contribution in [3.05, 3.63) is 65.6 Å². The molecule has 0 N–H and O–H groups in total. The van der Waals surface area contributed by atoms with E-state index in [-0.39, 0.29) is 0 Å². The zero-order valence-corrected chi connectivity index (χ0v) is 12.3. The first-order chi connectivity index (χ1) is 9.13. The maximum atomic E-state index is 3.95. The van der Waals surface area contributed by atoms with Gasteiger partial charge in [0.2, 0.25) is 0 Å². The topological polar surface area (TPSA) is 0 Å². The summed E-state index contributed by atoms with van der Waals surface area (Å²) in [5.41, 5.74) is 8.31. The Morgan fingerprint density at radius 2 is 1.53 bits per heavy atom. The molecule has 1 radical (unpaired) electrons. The molecule has 19 heavy (non-hydrogen) atoms. The van der Waals surface area contributed by atoms with Gasteiger partial charge in [0.15, 0.2) is 0 Å². The molecule has 99 valence electrons. The summed E-state index contributed by atoms with van der Waals surface area (Å²) >= 11 is 0. The molecule has 2 aromatic rings. The standard InChI is InChI=1S/C19H23/c1-5-6-9-17-10-7-8-11-18(17)19-13-15(3)14(2)12-16(19)4/h7-8,10-13H,1,5-6,9H2,2-4H3. The second kappa shape index (κ2) is 6.06. The Balaban J connectivity index is 2.49. The minimum Gasteiger partial charge on any atom is -0.0620 e. The molecule has 0 unspecified atom stereocenters. The van der Waals surface area contributed by atoms with Crippen LogP contribution in [-0.4, -0.2) is 0 Å². The number of unbranched alkanes of at least 4 members (excludes halogenated alkanes) is 1. The number of benzene rings is 2. The van der Waals surface area contributed by atoms with E-state index in [1.165, 1.54) is 33.4 Å². The third-order valence-electron chi connectivity index (χ3n) is 3.84. The number of hydrogen-bond acceptors (Lipinski definition) is 0. The Hall–Kier alpha value is -1.56. The first-order valence-corrected chi connectivity index (χ1v) is 7.09. The average Bonchev–Trinajstić information content (AvgIpc) is 2.41. The Labute approximate surface area is 117 Å². The molecule has 0 fully saturated rings. The summed E-state index contributed by atoms with van der Waals surface area (Å²) in [7, 11) is 0. The minimum absolute atomic E-state index is 1.00. The molecule has 0 saturated carbocycles. The van der Waals surface area contributed by atoms with Crippen LogP contribution in [0.5, 0.6) is 0 Å². The summed E-state index contributed by atoms with van der Waals surface area (Å²) in [6.07, 6.45) is 3.27. The van der Waals surface area contributed by atoms with Crippen molar-refractivity contribution in [2.75, 3.05) is 0 Å². The molecule has 0 heteroatoms. The lowest BCUT2D eigenvalue weighted by atomic mass is 9.91. The van der Waals surface area contributed by atoms with Crippen molar-refractivity contribution in [2.24, 2.45) is 0 Å². The highest BCUT2D eigenvalue weighted by Gasteiger charge is 2.08. The molecule has 0 heterocycles. The van der Waals surface area contributed by atoms with Gasteiger partial charge in [0.05, 0.1) is 0 Å². The van der Waals surface area contributed by atoms with Gasteiger partial charge in [-0.2, -0.15) is 0 Å². The summed E-state index contributed by atoms with van der Waals surface area (Å²) in [5, 5.41) is 0. The second-order valence-electron chi connectivity index (χ2n) is 5.37. The lowest BCUT2D eigenvalue weighted by Gasteiger charge is -2.14. The van der Waals surface area contributed by atoms with E-state index in [1.807, 2.05) is 0 Å². The normalized spacial score (nSPS) is 10.7. The van der Waals surface area contributed by atoms with Gasteiger partial charge in [-0.1, -0.05) is 49.7 Å². The summed E-state index contributed by atoms with van der Waals surface area (Å²) in [6.45, 7) is 10.5. The summed E-state index contributed by atoms with van der Waals surface area (Å²) in [6, 6.07) is 13.4. The van der Waals surface area contributed by atoms with E-state index >= 15 is 0 Å². The Bertz CT molecular complexity index is 564. The number of hydrogen-bond donors (Lipinski definition) is 0. The SMILES string of the molecule is [CH2]CCCc1ccccc1-c1cc(C)c(C)cc1C. The van der Waals surface area contributed by atoms with E-state index in [0.717, 1.165) is 19.3 Å². The fraction of sp³-hybridized carbons (Fsp3) is 0.316. The third-order valence-corrected chi connectivity index (χ3v) is 3.84. The fourth-order valence-corrected chi connectivity index (χ4v) is 2.57. The maximum absolute atomic E-state index is 3.95. The van der Waals surface area contributed by atoms with E-state index in [9.17, 15) is 0 Å². The molecule has 0 atom stereocenters. The predicted octanol–water partition coefficient (Wildman–Crippen LogP) is 5.44. The molecule has 0 spiro atoms. The van der Waals surface area contributed by atoms with Crippen LogP contribution in [0.3, 0.4) is 0 Å². The van der Waals surface area contributed by atoms with E-state index in [1.54, 1.807) is 0 Å². The van der Waals surface area contributed by atoms with Crippen molar-refractivity contribution in [1.82, 2.24) is 0 Å². The minimum atomic E-state index is 1.00. The van der Waals surface area contributed by atoms with Crippen molar-refractivity contribution in [3.63, 3.8) is 0 Å². The van der Waals surface area contributed by atoms with Gasteiger partial charge in [0.1, 0.15) is 0 Å². The molecule has 0 aliphatic heterocycles. The molecule has 0 aliphatic carbocycles. The van der Waals surface area contributed by atoms with Crippen LogP contribution in [0, 0.1) is 27.7 Å². The van der Waals surface area contributed by atoms with Crippen LogP contribution in [-0.2, 0) is 6.42 Å². The van der Waals surface area contributed by atoms with Gasteiger partial charge in [-0.05, 0) is 67.0 Å². The van der Waals surface area contributed by atoms with Crippen molar-refractivity contribution >= 4 is 0 Å². The van der Waals surface area contributed by atoms with E-state index < -0.39 is 0 Å². The third kappa shape index (κ3) is 3.07. The Morgan fingerprint density at radius 1 is 0.842 bits per heavy atom. The van der Waals surface area contributed by atoms with E-state index in [4.69, 9.17) is 0 Å². The second-order valence-corrected chi connectivity index (χ2v) is 5.37. The van der Waals surface area contributed by atoms with Gasteiger partial charge in [-0.25, -0.2) is 0 Å². The molecule has 2 rings (SSSR count). The molecule has 2 aromatic carbocycles. The van der Waals surface area contributed by atoms with Gasteiger partial charge in [0, 0.05) is 0 Å². The van der Waals surface area contributed by atoms with Crippen molar-refractivity contribution in [3.8, 4) is 11.1 Å². The zero-order chi connectivity index (χ0) is 13.8. The van der Waals surface area contributed by atoms with Crippen molar-refractivity contribution in [2.45, 2.75) is 40.0 Å². The Kier molecular flexibility index (Phi) is 4.42. The van der Waals surface area contributed by atoms with E-state index in [2.05, 4.69) is 64.1 Å². The molecule has 0 aromatic heterocycles. The smallest absolute Gasteiger partial charge is 0.0149 e. The quantitative estimate of drug-likeness (QED) is 0.679. The highest BCUT2D eigenvalue weighted by molar-refractivity contribution is 5.71. The first-order valence-electron chi connectivity index (χ1n) is 7.09. The fourth-order valence-electron chi connectivity index (χ4n) is 2.57. The molecule has 0 amide bonds. The average molecular weight is 251 g/mol. The number of aryl methyl sites for hydroxylation is 4. The van der Waals surface area contributed by atoms with E-state index in [0.29, 0.717) is 0 Å². The first kappa shape index (κ1) is 13.9. The van der Waals surface area contributed by atoms with Crippen molar-refractivity contribution in [1.29, 1.82) is 0 Å². The van der Waals surface area contributed by atoms with Gasteiger partial charge in [0.25, 0.3) is 0 Å². The van der Waals surface area contributed by atoms with Crippen molar-refractivity contribution < 1.29 is 0 Å². The van der Waals surface area contributed by atoms with Crippen LogP contribution in [0.4, 0.5) is 0 Å².